The summed E-state index contributed by atoms with van der Waals surface area (Å²) in [6.07, 6.45) is 8.06. The van der Waals surface area contributed by atoms with Crippen LogP contribution >= 0.6 is 0 Å². The minimum absolute atomic E-state index is 0.0596. The first-order chi connectivity index (χ1) is 6.26. The summed E-state index contributed by atoms with van der Waals surface area (Å²) in [7, 11) is 0. The van der Waals surface area contributed by atoms with E-state index in [1.54, 1.807) is 0 Å². The van der Waals surface area contributed by atoms with Crippen molar-refractivity contribution in [3.05, 3.63) is 0 Å². The molecule has 0 aromatic rings. The molecule has 2 saturated carbocycles. The van der Waals surface area contributed by atoms with Gasteiger partial charge >= 0.3 is 0 Å². The van der Waals surface area contributed by atoms with Crippen molar-refractivity contribution in [1.29, 1.82) is 0 Å². The van der Waals surface area contributed by atoms with E-state index in [0.717, 1.165) is 19.3 Å². The molecule has 0 saturated heterocycles. The molecule has 0 aliphatic heterocycles. The quantitative estimate of drug-likeness (QED) is 0.631. The van der Waals surface area contributed by atoms with E-state index < -0.39 is 0 Å². The minimum Gasteiger partial charge on any atom is -0.354 e. The Labute approximate surface area is 79.1 Å². The molecule has 1 unspecified atom stereocenters. The summed E-state index contributed by atoms with van der Waals surface area (Å²) < 4.78 is 0. The molecule has 2 rings (SSSR count). The number of carbonyl (C=O) groups excluding carboxylic acids is 1. The Morgan fingerprint density at radius 1 is 1.38 bits per heavy atom. The Hall–Kier alpha value is -0.570. The van der Waals surface area contributed by atoms with Crippen molar-refractivity contribution in [2.24, 2.45) is 11.7 Å². The van der Waals surface area contributed by atoms with Gasteiger partial charge in [0.2, 0.25) is 6.41 Å². The fraction of sp³-hybridized carbons (Fsp3) is 0.900. The van der Waals surface area contributed by atoms with Crippen molar-refractivity contribution in [3.63, 3.8) is 0 Å². The van der Waals surface area contributed by atoms with E-state index in [4.69, 9.17) is 5.73 Å². The van der Waals surface area contributed by atoms with Crippen LogP contribution < -0.4 is 11.1 Å². The zero-order valence-corrected chi connectivity index (χ0v) is 7.96. The van der Waals surface area contributed by atoms with Crippen molar-refractivity contribution in [2.75, 3.05) is 0 Å². The number of nitrogens with one attached hydrogen (secondary N) is 1. The third-order valence-electron chi connectivity index (χ3n) is 3.57. The summed E-state index contributed by atoms with van der Waals surface area (Å²) in [6.45, 7) is 0. The molecule has 3 nitrogen and oxygen atoms in total. The van der Waals surface area contributed by atoms with Crippen LogP contribution in [-0.4, -0.2) is 18.0 Å². The van der Waals surface area contributed by atoms with E-state index >= 15 is 0 Å². The first-order valence-electron chi connectivity index (χ1n) is 5.25. The van der Waals surface area contributed by atoms with E-state index in [1.807, 2.05) is 0 Å². The fourth-order valence-corrected chi connectivity index (χ4v) is 2.59. The van der Waals surface area contributed by atoms with Gasteiger partial charge in [-0.3, -0.25) is 4.79 Å². The van der Waals surface area contributed by atoms with Crippen molar-refractivity contribution >= 4 is 6.41 Å². The van der Waals surface area contributed by atoms with Gasteiger partial charge in [0.05, 0.1) is 0 Å². The molecule has 0 radical (unpaired) electrons. The molecule has 2 aliphatic rings. The third-order valence-corrected chi connectivity index (χ3v) is 3.57. The number of carbonyl (C=O) groups is 1. The van der Waals surface area contributed by atoms with E-state index in [1.165, 1.54) is 25.7 Å². The first-order valence-corrected chi connectivity index (χ1v) is 5.25. The number of hydrogen-bond acceptors (Lipinski definition) is 2. The van der Waals surface area contributed by atoms with Crippen LogP contribution in [0.2, 0.25) is 0 Å². The topological polar surface area (TPSA) is 55.1 Å². The maximum Gasteiger partial charge on any atom is 0.207 e. The highest BCUT2D eigenvalue weighted by atomic mass is 16.1. The Morgan fingerprint density at radius 3 is 2.46 bits per heavy atom. The molecule has 0 bridgehead atoms. The predicted octanol–water partition coefficient (Wildman–Crippen LogP) is 0.782. The second-order valence-electron chi connectivity index (χ2n) is 4.54. The monoisotopic (exact) mass is 182 g/mol. The molecule has 0 heterocycles. The maximum atomic E-state index is 10.5. The highest BCUT2D eigenvalue weighted by Gasteiger charge is 2.49. The summed E-state index contributed by atoms with van der Waals surface area (Å²) >= 11 is 0. The number of amides is 1. The second kappa shape index (κ2) is 3.29. The van der Waals surface area contributed by atoms with Crippen LogP contribution in [0, 0.1) is 5.92 Å². The summed E-state index contributed by atoms with van der Waals surface area (Å²) in [5, 5.41) is 2.92. The van der Waals surface area contributed by atoms with Crippen molar-refractivity contribution in [2.45, 2.75) is 50.1 Å². The van der Waals surface area contributed by atoms with Gasteiger partial charge in [-0.25, -0.2) is 0 Å². The van der Waals surface area contributed by atoms with Crippen LogP contribution in [0.1, 0.15) is 38.5 Å². The Morgan fingerprint density at radius 2 is 2.00 bits per heavy atom. The molecular formula is C10H18N2O. The number of nitrogens with two attached hydrogens (primary N) is 1. The van der Waals surface area contributed by atoms with Gasteiger partial charge in [-0.15, -0.1) is 0 Å². The highest BCUT2D eigenvalue weighted by Crippen LogP contribution is 2.42. The lowest BCUT2D eigenvalue weighted by molar-refractivity contribution is -0.110. The molecule has 3 N–H and O–H groups in total. The summed E-state index contributed by atoms with van der Waals surface area (Å²) in [5.41, 5.74) is 6.08. The highest BCUT2D eigenvalue weighted by molar-refractivity contribution is 5.48. The third kappa shape index (κ3) is 1.70. The zero-order chi connectivity index (χ0) is 9.31. The summed E-state index contributed by atoms with van der Waals surface area (Å²) in [6, 6.07) is 0.243. The largest absolute Gasteiger partial charge is 0.354 e. The van der Waals surface area contributed by atoms with Crippen LogP contribution in [0.15, 0.2) is 0 Å². The predicted molar refractivity (Wildman–Crippen MR) is 51.1 cm³/mol. The lowest BCUT2D eigenvalue weighted by Crippen LogP contribution is -2.50. The van der Waals surface area contributed by atoms with Gasteiger partial charge in [0, 0.05) is 11.6 Å². The van der Waals surface area contributed by atoms with Crippen LogP contribution in [0.25, 0.3) is 0 Å². The standard InChI is InChI=1S/C10H18N2O/c11-10(5-6-10)9(12-7-13)8-3-1-2-4-8/h7-9H,1-6,11H2,(H,12,13). The molecular weight excluding hydrogens is 164 g/mol. The molecule has 0 aromatic carbocycles. The SMILES string of the molecule is NC1(C(NC=O)C2CCCC2)CC1. The average Bonchev–Trinajstić information content (AvgIpc) is 2.70. The number of hydrogen-bond donors (Lipinski definition) is 2. The maximum absolute atomic E-state index is 10.5. The lowest BCUT2D eigenvalue weighted by atomic mass is 9.90. The minimum atomic E-state index is -0.0596. The average molecular weight is 182 g/mol. The van der Waals surface area contributed by atoms with Gasteiger partial charge in [-0.1, -0.05) is 12.8 Å². The summed E-state index contributed by atoms with van der Waals surface area (Å²) in [5.74, 6) is 0.637. The molecule has 3 heteroatoms. The van der Waals surface area contributed by atoms with E-state index in [9.17, 15) is 4.79 Å². The van der Waals surface area contributed by atoms with Crippen LogP contribution in [-0.2, 0) is 4.79 Å². The van der Waals surface area contributed by atoms with E-state index in [-0.39, 0.29) is 11.6 Å². The smallest absolute Gasteiger partial charge is 0.207 e. The molecule has 1 atom stereocenters. The molecule has 1 amide bonds. The molecule has 0 aromatic heterocycles. The Bertz CT molecular complexity index is 195. The molecule has 2 aliphatic carbocycles. The summed E-state index contributed by atoms with van der Waals surface area (Å²) in [4.78, 5) is 10.5. The van der Waals surface area contributed by atoms with Crippen molar-refractivity contribution in [3.8, 4) is 0 Å². The second-order valence-corrected chi connectivity index (χ2v) is 4.54. The molecule has 74 valence electrons. The van der Waals surface area contributed by atoms with Crippen LogP contribution in [0.4, 0.5) is 0 Å². The Balaban J connectivity index is 1.99. The Kier molecular flexibility index (Phi) is 2.28. The normalized spacial score (nSPS) is 28.4. The lowest BCUT2D eigenvalue weighted by Gasteiger charge is -2.28. The number of rotatable bonds is 4. The fourth-order valence-electron chi connectivity index (χ4n) is 2.59. The van der Waals surface area contributed by atoms with Crippen molar-refractivity contribution < 1.29 is 4.79 Å². The van der Waals surface area contributed by atoms with E-state index in [2.05, 4.69) is 5.32 Å². The first kappa shape index (κ1) is 9.00. The van der Waals surface area contributed by atoms with Crippen molar-refractivity contribution in [1.82, 2.24) is 5.32 Å². The van der Waals surface area contributed by atoms with Gasteiger partial charge in [-0.2, -0.15) is 0 Å². The van der Waals surface area contributed by atoms with Gasteiger partial charge < -0.3 is 11.1 Å². The van der Waals surface area contributed by atoms with Gasteiger partial charge in [0.25, 0.3) is 0 Å². The molecule has 2 fully saturated rings. The zero-order valence-electron chi connectivity index (χ0n) is 7.96. The molecule has 13 heavy (non-hydrogen) atoms. The van der Waals surface area contributed by atoms with Gasteiger partial charge in [0.1, 0.15) is 0 Å². The van der Waals surface area contributed by atoms with E-state index in [0.29, 0.717) is 5.92 Å². The molecule has 0 spiro atoms. The van der Waals surface area contributed by atoms with Crippen LogP contribution in [0.3, 0.4) is 0 Å². The van der Waals surface area contributed by atoms with Gasteiger partial charge in [0.15, 0.2) is 0 Å². The van der Waals surface area contributed by atoms with Crippen LogP contribution in [0.5, 0.6) is 0 Å². The van der Waals surface area contributed by atoms with Gasteiger partial charge in [-0.05, 0) is 31.6 Å².